The highest BCUT2D eigenvalue weighted by atomic mass is 35.5. The molecule has 1 saturated carbocycles. The molecule has 2 heterocycles. The molecular weight excluding hydrogens is 312 g/mol. The van der Waals surface area contributed by atoms with Crippen LogP contribution in [0.15, 0.2) is 22.8 Å². The normalized spacial score (nSPS) is 38.7. The van der Waals surface area contributed by atoms with Crippen molar-refractivity contribution in [1.29, 1.82) is 0 Å². The third kappa shape index (κ3) is 3.23. The zero-order chi connectivity index (χ0) is 16.0. The van der Waals surface area contributed by atoms with Crippen LogP contribution in [-0.4, -0.2) is 26.1 Å². The van der Waals surface area contributed by atoms with Crippen LogP contribution in [-0.2, 0) is 9.16 Å². The molecular formula is C18H29ClO2Si. The largest absolute Gasteiger partial charge is 0.411 e. The Morgan fingerprint density at radius 3 is 2.91 bits per heavy atom. The van der Waals surface area contributed by atoms with Crippen molar-refractivity contribution in [2.75, 3.05) is 0 Å². The van der Waals surface area contributed by atoms with Crippen molar-refractivity contribution >= 4 is 19.9 Å². The van der Waals surface area contributed by atoms with Gasteiger partial charge in [-0.25, -0.2) is 0 Å². The van der Waals surface area contributed by atoms with Crippen molar-refractivity contribution in [2.45, 2.75) is 82.9 Å². The number of ether oxygens (including phenoxy) is 1. The molecule has 0 amide bonds. The minimum atomic E-state index is -1.65. The summed E-state index contributed by atoms with van der Waals surface area (Å²) >= 11 is 6.01. The maximum atomic E-state index is 6.89. The number of fused-ring (bicyclic) bond motifs is 1. The summed E-state index contributed by atoms with van der Waals surface area (Å²) in [6, 6.07) is 0. The minimum Gasteiger partial charge on any atom is -0.411 e. The fourth-order valence-electron chi connectivity index (χ4n) is 4.69. The second-order valence-corrected chi connectivity index (χ2v) is 13.0. The Hall–Kier alpha value is -0.0931. The average Bonchev–Trinajstić information content (AvgIpc) is 2.61. The monoisotopic (exact) mass is 340 g/mol. The van der Waals surface area contributed by atoms with Gasteiger partial charge in [0.05, 0.1) is 17.8 Å². The van der Waals surface area contributed by atoms with Gasteiger partial charge in [0, 0.05) is 17.9 Å². The highest BCUT2D eigenvalue weighted by Gasteiger charge is 2.54. The standard InChI is InChI=1S/C18H29ClO2Si/c1-13(12-19)10-18(21-22(2,3)4)11-15-9-14-7-5-6-8-16(18)17(14)20-15/h9,12,15-17H,5-8,10-11H2,1-4H3/b13-12+/t15-,16-,17+,18+/m0/s1. The lowest BCUT2D eigenvalue weighted by molar-refractivity contribution is -0.142. The third-order valence-electron chi connectivity index (χ3n) is 5.18. The SMILES string of the molecule is C/C(=C\Cl)C[C@@]1(O[Si](C)(C)C)C[C@@H]2C=C3CCCC[C@H]1[C@@H]3O2. The van der Waals surface area contributed by atoms with Crippen LogP contribution in [0.1, 0.15) is 45.4 Å². The van der Waals surface area contributed by atoms with Gasteiger partial charge in [-0.05, 0) is 57.8 Å². The maximum absolute atomic E-state index is 6.89. The van der Waals surface area contributed by atoms with Crippen LogP contribution in [0.5, 0.6) is 0 Å². The van der Waals surface area contributed by atoms with E-state index in [-0.39, 0.29) is 11.7 Å². The Labute approximate surface area is 141 Å². The van der Waals surface area contributed by atoms with Crippen LogP contribution in [0.3, 0.4) is 0 Å². The van der Waals surface area contributed by atoms with Crippen LogP contribution in [0.25, 0.3) is 0 Å². The van der Waals surface area contributed by atoms with Gasteiger partial charge >= 0.3 is 0 Å². The van der Waals surface area contributed by atoms with Crippen LogP contribution < -0.4 is 0 Å². The lowest BCUT2D eigenvalue weighted by Crippen LogP contribution is -2.56. The molecule has 0 radical (unpaired) electrons. The van der Waals surface area contributed by atoms with E-state index in [1.807, 2.05) is 0 Å². The second-order valence-electron chi connectivity index (χ2n) is 8.30. The quantitative estimate of drug-likeness (QED) is 0.504. The number of rotatable bonds is 4. The molecule has 0 aromatic rings. The molecule has 0 unspecified atom stereocenters. The predicted octanol–water partition coefficient (Wildman–Crippen LogP) is 5.40. The van der Waals surface area contributed by atoms with Crippen molar-refractivity contribution in [3.8, 4) is 0 Å². The minimum absolute atomic E-state index is 0.0872. The Kier molecular flexibility index (Phi) is 4.63. The summed E-state index contributed by atoms with van der Waals surface area (Å²) in [5, 5.41) is 0. The van der Waals surface area contributed by atoms with Crippen LogP contribution in [0, 0.1) is 5.92 Å². The van der Waals surface area contributed by atoms with E-state index in [9.17, 15) is 0 Å². The first kappa shape index (κ1) is 16.8. The van der Waals surface area contributed by atoms with Crippen molar-refractivity contribution in [3.63, 3.8) is 0 Å². The molecule has 0 spiro atoms. The van der Waals surface area contributed by atoms with Gasteiger partial charge in [-0.15, -0.1) is 0 Å². The molecule has 4 heteroatoms. The van der Waals surface area contributed by atoms with Gasteiger partial charge in [0.1, 0.15) is 0 Å². The van der Waals surface area contributed by atoms with Crippen LogP contribution >= 0.6 is 11.6 Å². The molecule has 4 atom stereocenters. The van der Waals surface area contributed by atoms with E-state index in [0.29, 0.717) is 12.0 Å². The van der Waals surface area contributed by atoms with Crippen molar-refractivity contribution in [2.24, 2.45) is 5.92 Å². The Bertz CT molecular complexity index is 494. The topological polar surface area (TPSA) is 18.5 Å². The molecule has 2 aliphatic heterocycles. The Morgan fingerprint density at radius 1 is 1.45 bits per heavy atom. The molecule has 3 aliphatic rings. The van der Waals surface area contributed by atoms with Gasteiger partial charge in [0.25, 0.3) is 0 Å². The zero-order valence-electron chi connectivity index (χ0n) is 14.3. The number of hydrogen-bond donors (Lipinski definition) is 0. The molecule has 2 fully saturated rings. The molecule has 0 aromatic heterocycles. The molecule has 0 aromatic carbocycles. The summed E-state index contributed by atoms with van der Waals surface area (Å²) in [6.45, 7) is 9.04. The zero-order valence-corrected chi connectivity index (χ0v) is 16.1. The first-order valence-electron chi connectivity index (χ1n) is 8.65. The van der Waals surface area contributed by atoms with Crippen molar-refractivity contribution in [1.82, 2.24) is 0 Å². The van der Waals surface area contributed by atoms with Gasteiger partial charge in [0.2, 0.25) is 0 Å². The van der Waals surface area contributed by atoms with Crippen LogP contribution in [0.4, 0.5) is 0 Å². The maximum Gasteiger partial charge on any atom is 0.184 e. The van der Waals surface area contributed by atoms with Gasteiger partial charge < -0.3 is 9.16 Å². The highest BCUT2D eigenvalue weighted by Crippen LogP contribution is 2.52. The molecule has 124 valence electrons. The summed E-state index contributed by atoms with van der Waals surface area (Å²) in [4.78, 5) is 0. The van der Waals surface area contributed by atoms with Gasteiger partial charge in [-0.3, -0.25) is 0 Å². The van der Waals surface area contributed by atoms with E-state index in [0.717, 1.165) is 12.8 Å². The van der Waals surface area contributed by atoms with Crippen LogP contribution in [0.2, 0.25) is 19.6 Å². The van der Waals surface area contributed by atoms with E-state index < -0.39 is 8.32 Å². The predicted molar refractivity (Wildman–Crippen MR) is 94.7 cm³/mol. The Morgan fingerprint density at radius 2 is 2.23 bits per heavy atom. The summed E-state index contributed by atoms with van der Waals surface area (Å²) in [5.41, 5.74) is 4.42. The Balaban J connectivity index is 1.98. The lowest BCUT2D eigenvalue weighted by atomic mass is 9.73. The first-order valence-corrected chi connectivity index (χ1v) is 12.5. The lowest BCUT2D eigenvalue weighted by Gasteiger charge is -2.51. The summed E-state index contributed by atoms with van der Waals surface area (Å²) in [7, 11) is -1.65. The first-order chi connectivity index (χ1) is 10.3. The molecule has 1 saturated heterocycles. The van der Waals surface area contributed by atoms with Gasteiger partial charge in [-0.1, -0.05) is 29.7 Å². The van der Waals surface area contributed by atoms with E-state index >= 15 is 0 Å². The van der Waals surface area contributed by atoms with Crippen molar-refractivity contribution in [3.05, 3.63) is 22.8 Å². The number of halogens is 1. The van der Waals surface area contributed by atoms with E-state index in [4.69, 9.17) is 20.8 Å². The fraction of sp³-hybridized carbons (Fsp3) is 0.778. The van der Waals surface area contributed by atoms with E-state index in [1.54, 1.807) is 11.1 Å². The van der Waals surface area contributed by atoms with E-state index in [2.05, 4.69) is 32.6 Å². The van der Waals surface area contributed by atoms with Gasteiger partial charge in [-0.2, -0.15) is 0 Å². The number of hydrogen-bond acceptors (Lipinski definition) is 2. The van der Waals surface area contributed by atoms with Gasteiger partial charge in [0.15, 0.2) is 8.32 Å². The average molecular weight is 341 g/mol. The molecule has 0 N–H and O–H groups in total. The molecule has 2 bridgehead atoms. The van der Waals surface area contributed by atoms with Crippen molar-refractivity contribution < 1.29 is 9.16 Å². The summed E-state index contributed by atoms with van der Waals surface area (Å²) in [6.07, 6.45) is 9.88. The second kappa shape index (κ2) is 6.08. The molecule has 1 aliphatic carbocycles. The smallest absolute Gasteiger partial charge is 0.184 e. The molecule has 22 heavy (non-hydrogen) atoms. The highest BCUT2D eigenvalue weighted by molar-refractivity contribution is 6.69. The third-order valence-corrected chi connectivity index (χ3v) is 6.57. The molecule has 2 nitrogen and oxygen atoms in total. The molecule has 3 rings (SSSR count). The summed E-state index contributed by atoms with van der Waals surface area (Å²) < 4.78 is 13.2. The summed E-state index contributed by atoms with van der Waals surface area (Å²) in [5.74, 6) is 0.485. The fourth-order valence-corrected chi connectivity index (χ4v) is 6.29. The van der Waals surface area contributed by atoms with E-state index in [1.165, 1.54) is 31.3 Å².